The van der Waals surface area contributed by atoms with Crippen molar-refractivity contribution >= 4 is 29.6 Å². The zero-order valence-corrected chi connectivity index (χ0v) is 27.5. The number of pyridine rings is 2. The fourth-order valence-electron chi connectivity index (χ4n) is 6.26. The van der Waals surface area contributed by atoms with E-state index in [4.69, 9.17) is 9.47 Å². The third kappa shape index (κ3) is 7.03. The lowest BCUT2D eigenvalue weighted by Gasteiger charge is -2.39. The smallest absolute Gasteiger partial charge is 0.423 e. The number of anilines is 1. The van der Waals surface area contributed by atoms with Crippen molar-refractivity contribution in [2.24, 2.45) is 0 Å². The number of imide groups is 1. The molecule has 52 heavy (non-hydrogen) atoms. The molecular weight excluding hydrogens is 681 g/mol. The molecule has 0 aliphatic carbocycles. The highest BCUT2D eigenvalue weighted by Crippen LogP contribution is 2.46. The third-order valence-electron chi connectivity index (χ3n) is 8.76. The Morgan fingerprint density at radius 1 is 0.692 bits per heavy atom. The number of para-hydroxylation sites is 2. The number of nitrogens with zero attached hydrogens (tertiary/aromatic N) is 3. The number of nitrogens with one attached hydrogen (secondary N) is 1. The second-order valence-corrected chi connectivity index (χ2v) is 11.8. The van der Waals surface area contributed by atoms with Crippen molar-refractivity contribution in [3.63, 3.8) is 0 Å². The Morgan fingerprint density at radius 3 is 1.60 bits per heavy atom. The normalized spacial score (nSPS) is 16.8. The average Bonchev–Trinajstić information content (AvgIpc) is 3.41. The predicted molar refractivity (Wildman–Crippen MR) is 180 cm³/mol. The zero-order valence-electron chi connectivity index (χ0n) is 27.5. The van der Waals surface area contributed by atoms with Crippen molar-refractivity contribution in [2.75, 3.05) is 4.90 Å². The van der Waals surface area contributed by atoms with Crippen LogP contribution in [0, 0.1) is 0 Å². The SMILES string of the molecule is CC(c1ccncc1C(=O)Oc1ccccc1)C1(C(C)c2ccncc2C(=O)Oc2ccccc2)NC(=O)N(c2ccc(OC(F)(F)F)cc2)C1=O. The second-order valence-electron chi connectivity index (χ2n) is 11.8. The fourth-order valence-corrected chi connectivity index (χ4v) is 6.26. The van der Waals surface area contributed by atoms with E-state index in [-0.39, 0.29) is 39.4 Å². The highest BCUT2D eigenvalue weighted by Gasteiger charge is 2.59. The average molecular weight is 711 g/mol. The lowest BCUT2D eigenvalue weighted by atomic mass is 9.68. The first-order valence-corrected chi connectivity index (χ1v) is 15.8. The van der Waals surface area contributed by atoms with Crippen molar-refractivity contribution in [3.05, 3.63) is 144 Å². The first-order chi connectivity index (χ1) is 24.9. The summed E-state index contributed by atoms with van der Waals surface area (Å²) in [6.07, 6.45) is 0.427. The van der Waals surface area contributed by atoms with E-state index < -0.39 is 53.4 Å². The minimum absolute atomic E-state index is 0.00183. The maximum Gasteiger partial charge on any atom is 0.573 e. The van der Waals surface area contributed by atoms with Gasteiger partial charge in [-0.15, -0.1) is 13.2 Å². The number of hydrogen-bond donors (Lipinski definition) is 1. The van der Waals surface area contributed by atoms with Crippen LogP contribution < -0.4 is 24.4 Å². The lowest BCUT2D eigenvalue weighted by molar-refractivity contribution is -0.274. The molecule has 3 heterocycles. The Balaban J connectivity index is 1.45. The van der Waals surface area contributed by atoms with E-state index in [0.717, 1.165) is 29.2 Å². The molecule has 1 saturated heterocycles. The maximum absolute atomic E-state index is 14.9. The van der Waals surface area contributed by atoms with Crippen LogP contribution in [0.25, 0.3) is 0 Å². The predicted octanol–water partition coefficient (Wildman–Crippen LogP) is 7.22. The molecule has 3 aromatic carbocycles. The van der Waals surface area contributed by atoms with Crippen LogP contribution in [0.4, 0.5) is 23.7 Å². The summed E-state index contributed by atoms with van der Waals surface area (Å²) in [6, 6.07) is 22.9. The molecule has 3 amide bonds. The van der Waals surface area contributed by atoms with Crippen LogP contribution in [-0.2, 0) is 4.79 Å². The molecule has 5 aromatic rings. The Kier molecular flexibility index (Phi) is 9.73. The van der Waals surface area contributed by atoms with Crippen LogP contribution in [-0.4, -0.2) is 45.7 Å². The number of amides is 3. The molecule has 1 aliphatic heterocycles. The molecule has 2 aromatic heterocycles. The molecular formula is C38H29F3N4O7. The van der Waals surface area contributed by atoms with Gasteiger partial charge in [0.15, 0.2) is 0 Å². The molecule has 0 radical (unpaired) electrons. The summed E-state index contributed by atoms with van der Waals surface area (Å²) >= 11 is 0. The molecule has 2 unspecified atom stereocenters. The Labute approximate surface area is 295 Å². The number of hydrogen-bond acceptors (Lipinski definition) is 9. The van der Waals surface area contributed by atoms with E-state index in [1.807, 2.05) is 0 Å². The fraction of sp³-hybridized carbons (Fsp3) is 0.158. The van der Waals surface area contributed by atoms with Gasteiger partial charge in [0.25, 0.3) is 5.91 Å². The van der Waals surface area contributed by atoms with Gasteiger partial charge >= 0.3 is 24.3 Å². The molecule has 0 bridgehead atoms. The lowest BCUT2D eigenvalue weighted by Crippen LogP contribution is -2.55. The Bertz CT molecular complexity index is 2010. The van der Waals surface area contributed by atoms with Gasteiger partial charge in [0, 0.05) is 36.6 Å². The van der Waals surface area contributed by atoms with Crippen molar-refractivity contribution in [3.8, 4) is 17.2 Å². The number of esters is 2. The number of aromatic nitrogens is 2. The molecule has 1 fully saturated rings. The summed E-state index contributed by atoms with van der Waals surface area (Å²) in [5, 5.41) is 2.83. The molecule has 14 heteroatoms. The van der Waals surface area contributed by atoms with Crippen molar-refractivity contribution in [1.82, 2.24) is 15.3 Å². The molecule has 11 nitrogen and oxygen atoms in total. The first kappa shape index (κ1) is 35.3. The number of carbonyl (C=O) groups is 4. The van der Waals surface area contributed by atoms with Gasteiger partial charge in [-0.1, -0.05) is 50.2 Å². The van der Waals surface area contributed by atoms with Crippen LogP contribution in [0.3, 0.4) is 0 Å². The van der Waals surface area contributed by atoms with Gasteiger partial charge < -0.3 is 19.5 Å². The standard InChI is InChI=1S/C38H29F3N4O7/c1-23(29-17-19-42-21-31(29)33(46)50-26-9-5-3-6-10-26)37(24(2)30-18-20-43-22-32(30)34(47)51-27-11-7-4-8-12-27)35(48)45(36(49)44-37)25-13-15-28(16-14-25)52-38(39,40)41/h3-24H,1-2H3,(H,44,49). The second kappa shape index (κ2) is 14.3. The summed E-state index contributed by atoms with van der Waals surface area (Å²) in [5.41, 5.74) is -1.44. The summed E-state index contributed by atoms with van der Waals surface area (Å²) < 4.78 is 53.8. The number of ether oxygens (including phenoxy) is 3. The number of rotatable bonds is 10. The molecule has 6 rings (SSSR count). The monoisotopic (exact) mass is 710 g/mol. The van der Waals surface area contributed by atoms with E-state index in [1.54, 1.807) is 74.5 Å². The highest BCUT2D eigenvalue weighted by atomic mass is 19.4. The van der Waals surface area contributed by atoms with E-state index >= 15 is 0 Å². The van der Waals surface area contributed by atoms with Crippen LogP contribution in [0.5, 0.6) is 17.2 Å². The molecule has 0 saturated carbocycles. The van der Waals surface area contributed by atoms with Gasteiger partial charge in [0.1, 0.15) is 22.8 Å². The molecule has 264 valence electrons. The zero-order chi connectivity index (χ0) is 37.0. The summed E-state index contributed by atoms with van der Waals surface area (Å²) in [5.74, 6) is -4.49. The quantitative estimate of drug-likeness (QED) is 0.0905. The van der Waals surface area contributed by atoms with E-state index in [0.29, 0.717) is 0 Å². The summed E-state index contributed by atoms with van der Waals surface area (Å²) in [4.78, 5) is 64.9. The molecule has 1 N–H and O–H groups in total. The number of benzene rings is 3. The minimum atomic E-state index is -4.96. The van der Waals surface area contributed by atoms with Crippen molar-refractivity contribution < 1.29 is 46.6 Å². The Morgan fingerprint density at radius 2 is 1.15 bits per heavy atom. The summed E-state index contributed by atoms with van der Waals surface area (Å²) in [6.45, 7) is 3.24. The topological polar surface area (TPSA) is 137 Å². The van der Waals surface area contributed by atoms with E-state index in [2.05, 4.69) is 20.0 Å². The van der Waals surface area contributed by atoms with Crippen LogP contribution in [0.2, 0.25) is 0 Å². The maximum atomic E-state index is 14.9. The number of alkyl halides is 3. The van der Waals surface area contributed by atoms with Crippen LogP contribution in [0.1, 0.15) is 57.5 Å². The number of urea groups is 1. The Hall–Kier alpha value is -6.57. The van der Waals surface area contributed by atoms with Crippen LogP contribution in [0.15, 0.2) is 122 Å². The third-order valence-corrected chi connectivity index (χ3v) is 8.76. The van der Waals surface area contributed by atoms with E-state index in [9.17, 15) is 32.3 Å². The number of halogens is 3. The number of carbonyl (C=O) groups excluding carboxylic acids is 4. The molecule has 1 aliphatic rings. The van der Waals surface area contributed by atoms with Gasteiger partial charge in [-0.05, 0) is 71.8 Å². The van der Waals surface area contributed by atoms with Gasteiger partial charge in [-0.2, -0.15) is 0 Å². The highest BCUT2D eigenvalue weighted by molar-refractivity contribution is 6.24. The van der Waals surface area contributed by atoms with Gasteiger partial charge in [-0.3, -0.25) is 14.8 Å². The van der Waals surface area contributed by atoms with Gasteiger partial charge in [-0.25, -0.2) is 19.3 Å². The molecule has 0 spiro atoms. The van der Waals surface area contributed by atoms with E-state index in [1.165, 1.54) is 36.9 Å². The largest absolute Gasteiger partial charge is 0.573 e. The van der Waals surface area contributed by atoms with Gasteiger partial charge in [0.05, 0.1) is 16.8 Å². The minimum Gasteiger partial charge on any atom is -0.423 e. The summed E-state index contributed by atoms with van der Waals surface area (Å²) in [7, 11) is 0. The first-order valence-electron chi connectivity index (χ1n) is 15.8. The van der Waals surface area contributed by atoms with Crippen molar-refractivity contribution in [1.29, 1.82) is 0 Å². The van der Waals surface area contributed by atoms with Gasteiger partial charge in [0.2, 0.25) is 0 Å². The van der Waals surface area contributed by atoms with Crippen LogP contribution >= 0.6 is 0 Å². The van der Waals surface area contributed by atoms with Crippen molar-refractivity contribution in [2.45, 2.75) is 37.6 Å². The molecule has 2 atom stereocenters.